The number of ether oxygens (including phenoxy) is 1. The van der Waals surface area contributed by atoms with E-state index in [1.807, 2.05) is 30.0 Å². The molecule has 0 saturated heterocycles. The summed E-state index contributed by atoms with van der Waals surface area (Å²) in [5.41, 5.74) is 3.68. The first kappa shape index (κ1) is 21.3. The van der Waals surface area contributed by atoms with Gasteiger partial charge in [-0.1, -0.05) is 0 Å². The minimum absolute atomic E-state index is 0.0670. The molecule has 178 valence electrons. The van der Waals surface area contributed by atoms with Gasteiger partial charge < -0.3 is 18.5 Å². The van der Waals surface area contributed by atoms with Gasteiger partial charge in [0.2, 0.25) is 11.7 Å². The molecule has 35 heavy (non-hydrogen) atoms. The van der Waals surface area contributed by atoms with Gasteiger partial charge in [-0.15, -0.1) is 10.2 Å². The van der Waals surface area contributed by atoms with Gasteiger partial charge in [0, 0.05) is 25.1 Å². The van der Waals surface area contributed by atoms with Crippen molar-refractivity contribution in [3.8, 4) is 17.1 Å². The van der Waals surface area contributed by atoms with Gasteiger partial charge >= 0.3 is 0 Å². The lowest BCUT2D eigenvalue weighted by molar-refractivity contribution is -0.126. The zero-order valence-electron chi connectivity index (χ0n) is 19.2. The second-order valence-electron chi connectivity index (χ2n) is 8.83. The molecule has 0 spiro atoms. The molecule has 0 bridgehead atoms. The number of benzene rings is 1. The lowest BCUT2D eigenvalue weighted by Gasteiger charge is -2.29. The van der Waals surface area contributed by atoms with Gasteiger partial charge in [0.15, 0.2) is 5.89 Å². The molecule has 1 aliphatic heterocycles. The third-order valence-electron chi connectivity index (χ3n) is 6.35. The topological polar surface area (TPSA) is 123 Å². The van der Waals surface area contributed by atoms with Gasteiger partial charge in [-0.2, -0.15) is 5.21 Å². The summed E-state index contributed by atoms with van der Waals surface area (Å²) >= 11 is 0. The third kappa shape index (κ3) is 4.46. The number of fused-ring (bicyclic) bond motifs is 1. The molecular weight excluding hydrogens is 448 g/mol. The van der Waals surface area contributed by atoms with E-state index < -0.39 is 0 Å². The molecule has 1 aliphatic carbocycles. The highest BCUT2D eigenvalue weighted by molar-refractivity contribution is 5.91. The normalized spacial score (nSPS) is 15.5. The van der Waals surface area contributed by atoms with Crippen LogP contribution in [-0.4, -0.2) is 43.0 Å². The zero-order chi connectivity index (χ0) is 23.8. The maximum Gasteiger partial charge on any atom is 0.246 e. The highest BCUT2D eigenvalue weighted by atomic mass is 16.5. The Hall–Kier alpha value is -4.21. The number of amides is 1. The van der Waals surface area contributed by atoms with Gasteiger partial charge in [0.25, 0.3) is 0 Å². The maximum absolute atomic E-state index is 12.8. The number of carbonyl (C=O) groups is 1. The molecule has 4 heterocycles. The van der Waals surface area contributed by atoms with E-state index in [1.54, 1.807) is 24.5 Å². The predicted octanol–water partition coefficient (Wildman–Crippen LogP) is 3.81. The Morgan fingerprint density at radius 3 is 3.00 bits per heavy atom. The van der Waals surface area contributed by atoms with Crippen molar-refractivity contribution in [1.29, 1.82) is 0 Å². The fourth-order valence-corrected chi connectivity index (χ4v) is 4.23. The number of tetrazole rings is 1. The number of carbonyl (C=O) groups excluding carboxylic acids is 1. The highest BCUT2D eigenvalue weighted by Crippen LogP contribution is 2.40. The summed E-state index contributed by atoms with van der Waals surface area (Å²) in [4.78, 5) is 19.2. The monoisotopic (exact) mass is 472 g/mol. The van der Waals surface area contributed by atoms with Crippen molar-refractivity contribution in [2.24, 2.45) is 0 Å². The molecule has 3 aromatic heterocycles. The quantitative estimate of drug-likeness (QED) is 0.403. The second-order valence-corrected chi connectivity index (χ2v) is 8.83. The number of aromatic nitrogens is 5. The van der Waals surface area contributed by atoms with E-state index in [2.05, 4.69) is 25.6 Å². The number of H-pyrrole nitrogens is 1. The molecular formula is C25H24N6O4. The van der Waals surface area contributed by atoms with Crippen LogP contribution in [0.4, 0.5) is 0 Å². The second kappa shape index (κ2) is 8.86. The van der Waals surface area contributed by atoms with Crippen molar-refractivity contribution in [3.05, 3.63) is 70.8 Å². The number of hydrogen-bond acceptors (Lipinski definition) is 8. The fourth-order valence-electron chi connectivity index (χ4n) is 4.23. The van der Waals surface area contributed by atoms with Crippen LogP contribution in [0.25, 0.3) is 17.5 Å². The summed E-state index contributed by atoms with van der Waals surface area (Å²) in [5, 5.41) is 14.5. The Morgan fingerprint density at radius 1 is 1.31 bits per heavy atom. The zero-order valence-corrected chi connectivity index (χ0v) is 19.2. The lowest BCUT2D eigenvalue weighted by atomic mass is 9.96. The molecule has 0 atom stereocenters. The average molecular weight is 473 g/mol. The van der Waals surface area contributed by atoms with Crippen molar-refractivity contribution in [2.45, 2.75) is 45.3 Å². The van der Waals surface area contributed by atoms with Crippen molar-refractivity contribution in [1.82, 2.24) is 30.5 Å². The molecule has 1 aromatic carbocycles. The molecule has 10 heteroatoms. The SMILES string of the molecule is Cc1oc(C2CC2)nc1COc1cc2c(cc1-c1nn[nH]n1)CCN(C(=O)/C=C/c1ccco1)C2. The summed E-state index contributed by atoms with van der Waals surface area (Å²) in [6.07, 6.45) is 7.77. The van der Waals surface area contributed by atoms with E-state index in [-0.39, 0.29) is 12.5 Å². The number of aryl methyl sites for hydroxylation is 1. The van der Waals surface area contributed by atoms with Crippen molar-refractivity contribution < 1.29 is 18.4 Å². The van der Waals surface area contributed by atoms with Crippen molar-refractivity contribution >= 4 is 12.0 Å². The molecule has 2 aliphatic rings. The van der Waals surface area contributed by atoms with Crippen LogP contribution in [0.1, 0.15) is 53.0 Å². The average Bonchev–Trinajstić information content (AvgIpc) is 3.24. The Labute approximate surface area is 201 Å². The molecule has 1 fully saturated rings. The summed E-state index contributed by atoms with van der Waals surface area (Å²) < 4.78 is 17.3. The van der Waals surface area contributed by atoms with Gasteiger partial charge in [-0.25, -0.2) is 4.98 Å². The van der Waals surface area contributed by atoms with Gasteiger partial charge in [0.1, 0.15) is 29.6 Å². The van der Waals surface area contributed by atoms with Crippen molar-refractivity contribution in [2.75, 3.05) is 6.54 Å². The first-order valence-electron chi connectivity index (χ1n) is 11.6. The number of furan rings is 1. The van der Waals surface area contributed by atoms with Crippen LogP contribution in [0.2, 0.25) is 0 Å². The molecule has 1 N–H and O–H groups in total. The molecule has 4 aromatic rings. The molecule has 0 unspecified atom stereocenters. The number of hydrogen-bond donors (Lipinski definition) is 1. The van der Waals surface area contributed by atoms with Crippen LogP contribution < -0.4 is 4.74 Å². The molecule has 1 saturated carbocycles. The first-order chi connectivity index (χ1) is 17.1. The van der Waals surface area contributed by atoms with Crippen LogP contribution in [0.3, 0.4) is 0 Å². The van der Waals surface area contributed by atoms with E-state index in [0.29, 0.717) is 42.8 Å². The van der Waals surface area contributed by atoms with Crippen molar-refractivity contribution in [3.63, 3.8) is 0 Å². The summed E-state index contributed by atoms with van der Waals surface area (Å²) in [6.45, 7) is 3.27. The standard InChI is InChI=1S/C25H24N6O4/c1-15-21(26-25(35-15)16-4-5-16)14-34-22-12-18-13-31(23(32)7-6-19-3-2-10-33-19)9-8-17(18)11-20(22)24-27-29-30-28-24/h2-3,6-7,10-12,16H,4-5,8-9,13-14H2,1H3,(H,27,28,29,30)/b7-6+. The number of rotatable bonds is 7. The van der Waals surface area contributed by atoms with E-state index in [1.165, 1.54) is 0 Å². The minimum Gasteiger partial charge on any atom is -0.486 e. The van der Waals surface area contributed by atoms with Gasteiger partial charge in [0.05, 0.1) is 11.8 Å². The van der Waals surface area contributed by atoms with Crippen LogP contribution in [0, 0.1) is 6.92 Å². The largest absolute Gasteiger partial charge is 0.486 e. The third-order valence-corrected chi connectivity index (χ3v) is 6.35. The van der Waals surface area contributed by atoms with E-state index >= 15 is 0 Å². The fraction of sp³-hybridized carbons (Fsp3) is 0.320. The van der Waals surface area contributed by atoms with Gasteiger partial charge in [-0.3, -0.25) is 4.79 Å². The van der Waals surface area contributed by atoms with E-state index in [0.717, 1.165) is 46.9 Å². The molecule has 10 nitrogen and oxygen atoms in total. The Bertz CT molecular complexity index is 1370. The summed E-state index contributed by atoms with van der Waals surface area (Å²) in [6, 6.07) is 7.59. The van der Waals surface area contributed by atoms with Crippen LogP contribution in [-0.2, 0) is 24.4 Å². The van der Waals surface area contributed by atoms with Gasteiger partial charge in [-0.05, 0) is 72.9 Å². The Morgan fingerprint density at radius 2 is 2.23 bits per heavy atom. The molecule has 0 radical (unpaired) electrons. The number of nitrogens with zero attached hydrogens (tertiary/aromatic N) is 5. The predicted molar refractivity (Wildman–Crippen MR) is 124 cm³/mol. The smallest absolute Gasteiger partial charge is 0.246 e. The number of oxazole rings is 1. The van der Waals surface area contributed by atoms with Crippen LogP contribution >= 0.6 is 0 Å². The van der Waals surface area contributed by atoms with Crippen LogP contribution in [0.5, 0.6) is 5.75 Å². The maximum atomic E-state index is 12.8. The Kier molecular flexibility index (Phi) is 5.40. The molecule has 1 amide bonds. The lowest BCUT2D eigenvalue weighted by Crippen LogP contribution is -2.34. The number of aromatic amines is 1. The first-order valence-corrected chi connectivity index (χ1v) is 11.6. The summed E-state index contributed by atoms with van der Waals surface area (Å²) in [7, 11) is 0. The van der Waals surface area contributed by atoms with Crippen LogP contribution in [0.15, 0.2) is 45.4 Å². The van der Waals surface area contributed by atoms with E-state index in [9.17, 15) is 4.79 Å². The number of nitrogens with one attached hydrogen (secondary N) is 1. The minimum atomic E-state index is -0.0670. The molecule has 6 rings (SSSR count). The highest BCUT2D eigenvalue weighted by Gasteiger charge is 2.30. The summed E-state index contributed by atoms with van der Waals surface area (Å²) in [5.74, 6) is 3.64. The van der Waals surface area contributed by atoms with E-state index in [4.69, 9.17) is 13.6 Å². The Balaban J connectivity index is 1.24.